The highest BCUT2D eigenvalue weighted by Gasteiger charge is 2.19. The lowest BCUT2D eigenvalue weighted by Crippen LogP contribution is -2.28. The van der Waals surface area contributed by atoms with Crippen molar-refractivity contribution in [1.29, 1.82) is 0 Å². The lowest BCUT2D eigenvalue weighted by atomic mass is 10.2. The van der Waals surface area contributed by atoms with Crippen LogP contribution >= 0.6 is 11.6 Å². The highest BCUT2D eigenvalue weighted by molar-refractivity contribution is 6.33. The number of hydrogen-bond donors (Lipinski definition) is 1. The number of aromatic nitrogens is 3. The summed E-state index contributed by atoms with van der Waals surface area (Å²) in [4.78, 5) is 16.7. The Morgan fingerprint density at radius 3 is 2.88 bits per heavy atom. The zero-order chi connectivity index (χ0) is 17.8. The molecular formula is C18H19ClN4O2. The van der Waals surface area contributed by atoms with Crippen LogP contribution in [-0.2, 0) is 6.54 Å². The van der Waals surface area contributed by atoms with Crippen LogP contribution < -0.4 is 5.32 Å². The van der Waals surface area contributed by atoms with Crippen LogP contribution in [0.3, 0.4) is 0 Å². The second kappa shape index (κ2) is 7.53. The maximum absolute atomic E-state index is 12.5. The molecule has 3 aromatic rings. The Kier molecular flexibility index (Phi) is 5.19. The van der Waals surface area contributed by atoms with Gasteiger partial charge in [0.15, 0.2) is 5.76 Å². The summed E-state index contributed by atoms with van der Waals surface area (Å²) in [6.07, 6.45) is 2.44. The average Bonchev–Trinajstić information content (AvgIpc) is 3.25. The number of hydrogen-bond acceptors (Lipinski definition) is 4. The van der Waals surface area contributed by atoms with Gasteiger partial charge in [-0.3, -0.25) is 4.79 Å². The van der Waals surface area contributed by atoms with E-state index in [0.29, 0.717) is 16.6 Å². The molecule has 7 heteroatoms. The Labute approximate surface area is 150 Å². The van der Waals surface area contributed by atoms with Crippen LogP contribution in [-0.4, -0.2) is 20.7 Å². The summed E-state index contributed by atoms with van der Waals surface area (Å²) in [6.45, 7) is 4.69. The summed E-state index contributed by atoms with van der Waals surface area (Å²) in [5, 5.41) is 7.64. The van der Waals surface area contributed by atoms with E-state index in [4.69, 9.17) is 16.0 Å². The van der Waals surface area contributed by atoms with Gasteiger partial charge in [0.25, 0.3) is 5.91 Å². The Hall–Kier alpha value is -2.60. The summed E-state index contributed by atoms with van der Waals surface area (Å²) in [5.41, 5.74) is 0.749. The maximum atomic E-state index is 12.5. The second-order valence-corrected chi connectivity index (χ2v) is 6.09. The number of nitrogens with one attached hydrogen (secondary N) is 1. The number of rotatable bonds is 6. The lowest BCUT2D eigenvalue weighted by molar-refractivity contribution is 0.0910. The van der Waals surface area contributed by atoms with Crippen LogP contribution in [0.4, 0.5) is 0 Å². The van der Waals surface area contributed by atoms with Crippen LogP contribution in [0.25, 0.3) is 11.3 Å². The van der Waals surface area contributed by atoms with E-state index in [9.17, 15) is 4.79 Å². The van der Waals surface area contributed by atoms with Crippen LogP contribution in [0.15, 0.2) is 47.1 Å². The molecule has 0 fully saturated rings. The first kappa shape index (κ1) is 17.2. The van der Waals surface area contributed by atoms with Gasteiger partial charge in [0.1, 0.15) is 17.9 Å². The molecule has 0 aliphatic rings. The molecule has 3 rings (SSSR count). The van der Waals surface area contributed by atoms with Gasteiger partial charge in [-0.05, 0) is 37.6 Å². The van der Waals surface area contributed by atoms with E-state index in [1.807, 2.05) is 25.1 Å². The Balaban J connectivity index is 1.74. The van der Waals surface area contributed by atoms with Crippen molar-refractivity contribution in [1.82, 2.24) is 20.1 Å². The van der Waals surface area contributed by atoms with E-state index in [0.717, 1.165) is 18.5 Å². The van der Waals surface area contributed by atoms with E-state index >= 15 is 0 Å². The first-order valence-electron chi connectivity index (χ1n) is 8.13. The first-order valence-corrected chi connectivity index (χ1v) is 8.51. The summed E-state index contributed by atoms with van der Waals surface area (Å²) in [7, 11) is 0. The zero-order valence-corrected chi connectivity index (χ0v) is 14.8. The van der Waals surface area contributed by atoms with E-state index < -0.39 is 0 Å². The molecule has 0 saturated heterocycles. The Morgan fingerprint density at radius 1 is 1.32 bits per heavy atom. The first-order chi connectivity index (χ1) is 12.1. The number of nitrogens with zero attached hydrogens (tertiary/aromatic N) is 3. The third-order valence-electron chi connectivity index (χ3n) is 3.78. The van der Waals surface area contributed by atoms with Crippen molar-refractivity contribution in [3.63, 3.8) is 0 Å². The maximum Gasteiger partial charge on any atom is 0.287 e. The zero-order valence-electron chi connectivity index (χ0n) is 14.1. The van der Waals surface area contributed by atoms with E-state index in [1.54, 1.807) is 22.9 Å². The third kappa shape index (κ3) is 3.74. The van der Waals surface area contributed by atoms with E-state index in [1.165, 1.54) is 6.33 Å². The van der Waals surface area contributed by atoms with Crippen LogP contribution in [0, 0.1) is 0 Å². The molecule has 1 aromatic carbocycles. The average molecular weight is 359 g/mol. The Bertz CT molecular complexity index is 871. The van der Waals surface area contributed by atoms with E-state index in [2.05, 4.69) is 22.3 Å². The molecule has 2 heterocycles. The summed E-state index contributed by atoms with van der Waals surface area (Å²) in [6, 6.07) is 10.4. The van der Waals surface area contributed by atoms with Gasteiger partial charge in [0, 0.05) is 12.1 Å². The van der Waals surface area contributed by atoms with Crippen LogP contribution in [0.1, 0.15) is 42.7 Å². The second-order valence-electron chi connectivity index (χ2n) is 5.68. The molecular weight excluding hydrogens is 340 g/mol. The van der Waals surface area contributed by atoms with Gasteiger partial charge in [0.2, 0.25) is 0 Å². The molecule has 1 N–H and O–H groups in total. The number of carbonyl (C=O) groups is 1. The molecule has 0 radical (unpaired) electrons. The van der Waals surface area contributed by atoms with Gasteiger partial charge in [0.05, 0.1) is 11.1 Å². The molecule has 25 heavy (non-hydrogen) atoms. The molecule has 1 unspecified atom stereocenters. The molecule has 1 atom stereocenters. The number of amides is 1. The van der Waals surface area contributed by atoms with Crippen molar-refractivity contribution in [3.05, 3.63) is 59.3 Å². The topological polar surface area (TPSA) is 73.0 Å². The van der Waals surface area contributed by atoms with Crippen molar-refractivity contribution in [2.45, 2.75) is 32.9 Å². The van der Waals surface area contributed by atoms with Crippen molar-refractivity contribution < 1.29 is 9.21 Å². The highest BCUT2D eigenvalue weighted by Crippen LogP contribution is 2.29. The number of furan rings is 1. The van der Waals surface area contributed by atoms with Crippen molar-refractivity contribution >= 4 is 17.5 Å². The monoisotopic (exact) mass is 358 g/mol. The smallest absolute Gasteiger partial charge is 0.287 e. The fourth-order valence-electron chi connectivity index (χ4n) is 2.59. The molecule has 130 valence electrons. The minimum absolute atomic E-state index is 0.225. The fraction of sp³-hybridized carbons (Fsp3) is 0.278. The van der Waals surface area contributed by atoms with Gasteiger partial charge in [-0.2, -0.15) is 5.10 Å². The predicted molar refractivity (Wildman–Crippen MR) is 95.3 cm³/mol. The van der Waals surface area contributed by atoms with Gasteiger partial charge in [-0.15, -0.1) is 0 Å². The minimum Gasteiger partial charge on any atom is -0.451 e. The van der Waals surface area contributed by atoms with Crippen LogP contribution in [0.5, 0.6) is 0 Å². The number of benzene rings is 1. The van der Waals surface area contributed by atoms with Crippen molar-refractivity contribution in [2.75, 3.05) is 0 Å². The van der Waals surface area contributed by atoms with Gasteiger partial charge < -0.3 is 9.73 Å². The van der Waals surface area contributed by atoms with Crippen LogP contribution in [0.2, 0.25) is 5.02 Å². The molecule has 0 spiro atoms. The molecule has 6 nitrogen and oxygen atoms in total. The quantitative estimate of drug-likeness (QED) is 0.720. The normalized spacial score (nSPS) is 12.1. The summed E-state index contributed by atoms with van der Waals surface area (Å²) >= 11 is 6.17. The minimum atomic E-state index is -0.308. The fourth-order valence-corrected chi connectivity index (χ4v) is 2.82. The standard InChI is InChI=1S/C18H19ClN4O2/c1-3-10-23-17(20-11-21-23)12(2)22-18(24)16-9-8-15(25-16)13-6-4-5-7-14(13)19/h4-9,11-12H,3,10H2,1-2H3,(H,22,24). The predicted octanol–water partition coefficient (Wildman–Crippen LogP) is 4.09. The molecule has 0 aliphatic carbocycles. The van der Waals surface area contributed by atoms with Gasteiger partial charge in [-0.1, -0.05) is 30.7 Å². The summed E-state index contributed by atoms with van der Waals surface area (Å²) < 4.78 is 7.46. The molecule has 1 amide bonds. The number of aryl methyl sites for hydroxylation is 1. The van der Waals surface area contributed by atoms with Crippen molar-refractivity contribution in [3.8, 4) is 11.3 Å². The van der Waals surface area contributed by atoms with Gasteiger partial charge >= 0.3 is 0 Å². The molecule has 0 saturated carbocycles. The SMILES string of the molecule is CCCn1ncnc1C(C)NC(=O)c1ccc(-c2ccccc2Cl)o1. The van der Waals surface area contributed by atoms with Crippen molar-refractivity contribution in [2.24, 2.45) is 0 Å². The molecule has 2 aromatic heterocycles. The molecule has 0 bridgehead atoms. The lowest BCUT2D eigenvalue weighted by Gasteiger charge is -2.13. The highest BCUT2D eigenvalue weighted by atomic mass is 35.5. The van der Waals surface area contributed by atoms with Gasteiger partial charge in [-0.25, -0.2) is 9.67 Å². The third-order valence-corrected chi connectivity index (χ3v) is 4.11. The summed E-state index contributed by atoms with van der Waals surface area (Å²) in [5.74, 6) is 1.19. The van der Waals surface area contributed by atoms with E-state index in [-0.39, 0.29) is 17.7 Å². The molecule has 0 aliphatic heterocycles. The largest absolute Gasteiger partial charge is 0.451 e. The number of halogens is 1. The Morgan fingerprint density at radius 2 is 2.12 bits per heavy atom. The number of carbonyl (C=O) groups excluding carboxylic acids is 1.